The van der Waals surface area contributed by atoms with E-state index in [-0.39, 0.29) is 0 Å². The third kappa shape index (κ3) is 1.80. The zero-order valence-electron chi connectivity index (χ0n) is 7.12. The summed E-state index contributed by atoms with van der Waals surface area (Å²) in [5, 5.41) is 0. The van der Waals surface area contributed by atoms with Gasteiger partial charge in [-0.05, 0) is 30.7 Å². The highest BCUT2D eigenvalue weighted by Gasteiger charge is 2.02. The second kappa shape index (κ2) is 3.34. The fourth-order valence-electron chi connectivity index (χ4n) is 1.24. The molecule has 0 saturated carbocycles. The van der Waals surface area contributed by atoms with Crippen LogP contribution in [0.2, 0.25) is 0 Å². The van der Waals surface area contributed by atoms with E-state index in [0.717, 1.165) is 15.8 Å². The van der Waals surface area contributed by atoms with Crippen molar-refractivity contribution in [3.63, 3.8) is 0 Å². The molecule has 1 aromatic heterocycles. The Morgan fingerprint density at radius 1 is 1.31 bits per heavy atom. The standard InChI is InChI=1S/C10H8BrNO/c1-7-2-8(4-9(11)3-7)10-5-12-6-13-10/h2-6H,1H3. The number of aryl methyl sites for hydroxylation is 1. The van der Waals surface area contributed by atoms with Gasteiger partial charge >= 0.3 is 0 Å². The van der Waals surface area contributed by atoms with Gasteiger partial charge < -0.3 is 4.42 Å². The molecule has 0 fully saturated rings. The molecule has 0 spiro atoms. The zero-order chi connectivity index (χ0) is 9.26. The highest BCUT2D eigenvalue weighted by Crippen LogP contribution is 2.24. The van der Waals surface area contributed by atoms with E-state index >= 15 is 0 Å². The molecule has 2 nitrogen and oxygen atoms in total. The molecule has 2 aromatic rings. The topological polar surface area (TPSA) is 26.0 Å². The summed E-state index contributed by atoms with van der Waals surface area (Å²) < 4.78 is 6.25. The molecule has 0 aliphatic carbocycles. The fraction of sp³-hybridized carbons (Fsp3) is 0.100. The minimum Gasteiger partial charge on any atom is -0.444 e. The Labute approximate surface area is 84.7 Å². The van der Waals surface area contributed by atoms with Crippen molar-refractivity contribution in [1.82, 2.24) is 4.98 Å². The third-order valence-corrected chi connectivity index (χ3v) is 2.22. The first-order chi connectivity index (χ1) is 6.25. The quantitative estimate of drug-likeness (QED) is 0.760. The molecule has 0 radical (unpaired) electrons. The summed E-state index contributed by atoms with van der Waals surface area (Å²) >= 11 is 3.44. The van der Waals surface area contributed by atoms with Crippen molar-refractivity contribution < 1.29 is 4.42 Å². The highest BCUT2D eigenvalue weighted by molar-refractivity contribution is 9.10. The van der Waals surface area contributed by atoms with E-state index in [9.17, 15) is 0 Å². The van der Waals surface area contributed by atoms with Gasteiger partial charge in [0, 0.05) is 10.0 Å². The van der Waals surface area contributed by atoms with Gasteiger partial charge in [-0.15, -0.1) is 0 Å². The molecule has 0 saturated heterocycles. The van der Waals surface area contributed by atoms with Gasteiger partial charge in [0.15, 0.2) is 12.2 Å². The smallest absolute Gasteiger partial charge is 0.181 e. The van der Waals surface area contributed by atoms with Crippen LogP contribution in [0.1, 0.15) is 5.56 Å². The first-order valence-corrected chi connectivity index (χ1v) is 4.71. The Balaban J connectivity index is 2.53. The second-order valence-corrected chi connectivity index (χ2v) is 3.80. The van der Waals surface area contributed by atoms with E-state index < -0.39 is 0 Å². The summed E-state index contributed by atoms with van der Waals surface area (Å²) in [6.07, 6.45) is 3.15. The van der Waals surface area contributed by atoms with Crippen LogP contribution in [0.25, 0.3) is 11.3 Å². The highest BCUT2D eigenvalue weighted by atomic mass is 79.9. The number of oxazole rings is 1. The summed E-state index contributed by atoms with van der Waals surface area (Å²) in [5.41, 5.74) is 2.24. The first-order valence-electron chi connectivity index (χ1n) is 3.92. The molecule has 0 aliphatic heterocycles. The molecule has 0 atom stereocenters. The van der Waals surface area contributed by atoms with Crippen LogP contribution in [0.4, 0.5) is 0 Å². The van der Waals surface area contributed by atoms with Gasteiger partial charge in [0.1, 0.15) is 0 Å². The van der Waals surface area contributed by atoms with E-state index in [1.54, 1.807) is 6.20 Å². The molecular formula is C10H8BrNO. The molecule has 0 bridgehead atoms. The summed E-state index contributed by atoms with van der Waals surface area (Å²) in [4.78, 5) is 3.88. The maximum absolute atomic E-state index is 5.20. The van der Waals surface area contributed by atoms with Gasteiger partial charge in [-0.25, -0.2) is 4.98 Å². The molecule has 13 heavy (non-hydrogen) atoms. The second-order valence-electron chi connectivity index (χ2n) is 2.88. The lowest BCUT2D eigenvalue weighted by molar-refractivity contribution is 0.572. The summed E-state index contributed by atoms with van der Waals surface area (Å²) in [6, 6.07) is 6.12. The average Bonchev–Trinajstić information content (AvgIpc) is 2.53. The Kier molecular flexibility index (Phi) is 2.19. The number of hydrogen-bond donors (Lipinski definition) is 0. The minimum atomic E-state index is 0.796. The Hall–Kier alpha value is -1.09. The van der Waals surface area contributed by atoms with Gasteiger partial charge in [0.25, 0.3) is 0 Å². The average molecular weight is 238 g/mol. The maximum atomic E-state index is 5.20. The molecular weight excluding hydrogens is 230 g/mol. The lowest BCUT2D eigenvalue weighted by atomic mass is 10.1. The molecule has 0 unspecified atom stereocenters. The Morgan fingerprint density at radius 3 is 2.77 bits per heavy atom. The van der Waals surface area contributed by atoms with Crippen molar-refractivity contribution in [3.8, 4) is 11.3 Å². The summed E-state index contributed by atoms with van der Waals surface area (Å²) in [6.45, 7) is 2.05. The summed E-state index contributed by atoms with van der Waals surface area (Å²) in [5.74, 6) is 0.796. The van der Waals surface area contributed by atoms with Crippen molar-refractivity contribution in [1.29, 1.82) is 0 Å². The Bertz CT molecular complexity index is 389. The number of aromatic nitrogens is 1. The van der Waals surface area contributed by atoms with Crippen LogP contribution in [-0.4, -0.2) is 4.98 Å². The zero-order valence-corrected chi connectivity index (χ0v) is 8.71. The largest absolute Gasteiger partial charge is 0.444 e. The van der Waals surface area contributed by atoms with Gasteiger partial charge in [0.2, 0.25) is 0 Å². The molecule has 1 aromatic carbocycles. The van der Waals surface area contributed by atoms with Crippen LogP contribution in [0.15, 0.2) is 39.7 Å². The summed E-state index contributed by atoms with van der Waals surface area (Å²) in [7, 11) is 0. The van der Waals surface area contributed by atoms with E-state index in [1.165, 1.54) is 12.0 Å². The van der Waals surface area contributed by atoms with Gasteiger partial charge in [-0.1, -0.05) is 15.9 Å². The van der Waals surface area contributed by atoms with Crippen molar-refractivity contribution in [2.45, 2.75) is 6.92 Å². The van der Waals surface area contributed by atoms with Crippen LogP contribution in [-0.2, 0) is 0 Å². The van der Waals surface area contributed by atoms with Gasteiger partial charge in [-0.2, -0.15) is 0 Å². The van der Waals surface area contributed by atoms with Crippen LogP contribution in [0.3, 0.4) is 0 Å². The van der Waals surface area contributed by atoms with Crippen molar-refractivity contribution >= 4 is 15.9 Å². The molecule has 0 amide bonds. The SMILES string of the molecule is Cc1cc(Br)cc(-c2cnco2)c1. The lowest BCUT2D eigenvalue weighted by Crippen LogP contribution is -1.77. The molecule has 1 heterocycles. The van der Waals surface area contributed by atoms with Crippen molar-refractivity contribution in [2.75, 3.05) is 0 Å². The van der Waals surface area contributed by atoms with Crippen molar-refractivity contribution in [2.24, 2.45) is 0 Å². The number of hydrogen-bond acceptors (Lipinski definition) is 2. The first kappa shape index (κ1) is 8.51. The normalized spacial score (nSPS) is 10.3. The fourth-order valence-corrected chi connectivity index (χ4v) is 1.84. The lowest BCUT2D eigenvalue weighted by Gasteiger charge is -1.99. The predicted molar refractivity (Wildman–Crippen MR) is 54.4 cm³/mol. The third-order valence-electron chi connectivity index (χ3n) is 1.76. The van der Waals surface area contributed by atoms with Crippen molar-refractivity contribution in [3.05, 3.63) is 40.8 Å². The number of benzene rings is 1. The minimum absolute atomic E-state index is 0.796. The number of nitrogens with zero attached hydrogens (tertiary/aromatic N) is 1. The predicted octanol–water partition coefficient (Wildman–Crippen LogP) is 3.41. The molecule has 0 aliphatic rings. The Morgan fingerprint density at radius 2 is 2.15 bits per heavy atom. The van der Waals surface area contributed by atoms with Crippen LogP contribution in [0.5, 0.6) is 0 Å². The van der Waals surface area contributed by atoms with Gasteiger partial charge in [0.05, 0.1) is 6.20 Å². The molecule has 3 heteroatoms. The van der Waals surface area contributed by atoms with Crippen LogP contribution in [0, 0.1) is 6.92 Å². The molecule has 2 rings (SSSR count). The van der Waals surface area contributed by atoms with E-state index in [4.69, 9.17) is 4.42 Å². The van der Waals surface area contributed by atoms with Gasteiger partial charge in [-0.3, -0.25) is 0 Å². The van der Waals surface area contributed by atoms with E-state index in [0.29, 0.717) is 0 Å². The molecule has 66 valence electrons. The van der Waals surface area contributed by atoms with Crippen LogP contribution < -0.4 is 0 Å². The van der Waals surface area contributed by atoms with E-state index in [2.05, 4.69) is 33.0 Å². The number of halogens is 1. The van der Waals surface area contributed by atoms with Crippen LogP contribution >= 0.6 is 15.9 Å². The maximum Gasteiger partial charge on any atom is 0.181 e. The monoisotopic (exact) mass is 237 g/mol. The number of rotatable bonds is 1. The van der Waals surface area contributed by atoms with E-state index in [1.807, 2.05) is 13.0 Å². The molecule has 0 N–H and O–H groups in total.